The third kappa shape index (κ3) is 3.35. The molecule has 2 aromatic rings. The molecule has 122 valence electrons. The lowest BCUT2D eigenvalue weighted by atomic mass is 10.0. The molecule has 0 spiro atoms. The van der Waals surface area contributed by atoms with E-state index in [1.165, 1.54) is 10.6 Å². The van der Waals surface area contributed by atoms with Crippen molar-refractivity contribution in [3.8, 4) is 0 Å². The molecule has 0 bridgehead atoms. The molecule has 1 atom stereocenters. The molecule has 1 aliphatic rings. The molecule has 23 heavy (non-hydrogen) atoms. The number of sulfonamides is 1. The van der Waals surface area contributed by atoms with Gasteiger partial charge in [-0.05, 0) is 31.9 Å². The van der Waals surface area contributed by atoms with Crippen LogP contribution in [0, 0.1) is 13.8 Å². The Morgan fingerprint density at radius 1 is 1.22 bits per heavy atom. The van der Waals surface area contributed by atoms with Crippen molar-refractivity contribution in [2.24, 2.45) is 0 Å². The molecule has 0 radical (unpaired) electrons. The molecule has 1 aromatic heterocycles. The summed E-state index contributed by atoms with van der Waals surface area (Å²) >= 11 is 0. The van der Waals surface area contributed by atoms with E-state index < -0.39 is 10.0 Å². The summed E-state index contributed by atoms with van der Waals surface area (Å²) in [5.74, 6) is 1.31. The van der Waals surface area contributed by atoms with Crippen molar-refractivity contribution in [1.29, 1.82) is 0 Å². The molecule has 0 saturated carbocycles. The minimum absolute atomic E-state index is 0.191. The second-order valence-electron chi connectivity index (χ2n) is 5.84. The summed E-state index contributed by atoms with van der Waals surface area (Å²) in [6, 6.07) is 9.59. The molecule has 1 aromatic carbocycles. The van der Waals surface area contributed by atoms with Gasteiger partial charge in [-0.3, -0.25) is 0 Å². The zero-order valence-electron chi connectivity index (χ0n) is 13.4. The van der Waals surface area contributed by atoms with Gasteiger partial charge in [0.25, 0.3) is 0 Å². The lowest BCUT2D eigenvalue weighted by Crippen LogP contribution is -2.44. The Bertz CT molecular complexity index is 836. The first-order chi connectivity index (χ1) is 10.8. The third-order valence-corrected chi connectivity index (χ3v) is 5.29. The molecule has 0 amide bonds. The first-order valence-corrected chi connectivity index (χ1v) is 9.34. The summed E-state index contributed by atoms with van der Waals surface area (Å²) in [5.41, 5.74) is 2.84. The van der Waals surface area contributed by atoms with Gasteiger partial charge in [-0.2, -0.15) is 4.31 Å². The van der Waals surface area contributed by atoms with Crippen LogP contribution in [0.5, 0.6) is 0 Å². The summed E-state index contributed by atoms with van der Waals surface area (Å²) in [7, 11) is -3.20. The molecule has 1 saturated heterocycles. The number of para-hydroxylation sites is 1. The first-order valence-electron chi connectivity index (χ1n) is 7.49. The van der Waals surface area contributed by atoms with Gasteiger partial charge in [-0.25, -0.2) is 18.4 Å². The van der Waals surface area contributed by atoms with Crippen LogP contribution in [0.4, 0.5) is 11.5 Å². The third-order valence-electron chi connectivity index (χ3n) is 4.00. The summed E-state index contributed by atoms with van der Waals surface area (Å²) in [4.78, 5) is 8.83. The minimum atomic E-state index is -3.20. The molecule has 1 fully saturated rings. The molecular formula is C16H20N4O2S. The lowest BCUT2D eigenvalue weighted by molar-refractivity contribution is 0.199. The van der Waals surface area contributed by atoms with Crippen LogP contribution in [0.2, 0.25) is 0 Å². The number of nitrogens with one attached hydrogen (secondary N) is 1. The van der Waals surface area contributed by atoms with E-state index in [2.05, 4.69) is 15.3 Å². The van der Waals surface area contributed by atoms with Crippen LogP contribution in [-0.2, 0) is 10.0 Å². The molecule has 7 heteroatoms. The van der Waals surface area contributed by atoms with E-state index in [4.69, 9.17) is 0 Å². The summed E-state index contributed by atoms with van der Waals surface area (Å²) in [5, 5.41) is 3.29. The molecule has 3 rings (SSSR count). The molecule has 1 N–H and O–H groups in total. The van der Waals surface area contributed by atoms with Gasteiger partial charge in [0.15, 0.2) is 0 Å². The second kappa shape index (κ2) is 5.90. The molecular weight excluding hydrogens is 312 g/mol. The maximum atomic E-state index is 11.8. The quantitative estimate of drug-likeness (QED) is 0.931. The van der Waals surface area contributed by atoms with E-state index in [1.54, 1.807) is 0 Å². The van der Waals surface area contributed by atoms with Gasteiger partial charge in [0.05, 0.1) is 18.0 Å². The van der Waals surface area contributed by atoms with Gasteiger partial charge in [-0.1, -0.05) is 18.2 Å². The van der Waals surface area contributed by atoms with E-state index in [1.807, 2.05) is 44.2 Å². The number of benzene rings is 1. The van der Waals surface area contributed by atoms with E-state index in [-0.39, 0.29) is 6.04 Å². The van der Waals surface area contributed by atoms with Crippen LogP contribution in [0.1, 0.15) is 29.5 Å². The topological polar surface area (TPSA) is 75.2 Å². The predicted molar refractivity (Wildman–Crippen MR) is 90.1 cm³/mol. The molecule has 6 nitrogen and oxygen atoms in total. The highest BCUT2D eigenvalue weighted by atomic mass is 32.2. The predicted octanol–water partition coefficient (Wildman–Crippen LogP) is 2.54. The van der Waals surface area contributed by atoms with E-state index >= 15 is 0 Å². The van der Waals surface area contributed by atoms with Crippen LogP contribution in [0.3, 0.4) is 0 Å². The number of hydrogen-bond donors (Lipinski definition) is 1. The van der Waals surface area contributed by atoms with Gasteiger partial charge in [0.1, 0.15) is 11.6 Å². The van der Waals surface area contributed by atoms with Crippen LogP contribution in [0.25, 0.3) is 0 Å². The molecule has 0 aliphatic carbocycles. The van der Waals surface area contributed by atoms with Crippen LogP contribution < -0.4 is 5.32 Å². The van der Waals surface area contributed by atoms with Crippen molar-refractivity contribution in [1.82, 2.24) is 14.3 Å². The largest absolute Gasteiger partial charge is 0.340 e. The van der Waals surface area contributed by atoms with Gasteiger partial charge < -0.3 is 5.32 Å². The number of rotatable bonds is 4. The van der Waals surface area contributed by atoms with Crippen LogP contribution >= 0.6 is 0 Å². The Morgan fingerprint density at radius 2 is 1.96 bits per heavy atom. The average molecular weight is 332 g/mol. The Balaban J connectivity index is 1.90. The van der Waals surface area contributed by atoms with Crippen molar-refractivity contribution >= 4 is 21.5 Å². The van der Waals surface area contributed by atoms with Crippen molar-refractivity contribution in [2.75, 3.05) is 18.1 Å². The summed E-state index contributed by atoms with van der Waals surface area (Å²) in [6.07, 6.45) is 2.02. The van der Waals surface area contributed by atoms with Crippen molar-refractivity contribution in [3.63, 3.8) is 0 Å². The summed E-state index contributed by atoms with van der Waals surface area (Å²) in [6.45, 7) is 4.39. The maximum Gasteiger partial charge on any atom is 0.211 e. The monoisotopic (exact) mass is 332 g/mol. The Hall–Kier alpha value is -1.99. The van der Waals surface area contributed by atoms with Gasteiger partial charge >= 0.3 is 0 Å². The normalized spacial score (nSPS) is 18.5. The van der Waals surface area contributed by atoms with E-state index in [9.17, 15) is 8.42 Å². The highest BCUT2D eigenvalue weighted by Gasteiger charge is 2.37. The van der Waals surface area contributed by atoms with Crippen LogP contribution in [-0.4, -0.2) is 35.5 Å². The second-order valence-corrected chi connectivity index (χ2v) is 7.78. The van der Waals surface area contributed by atoms with E-state index in [0.29, 0.717) is 18.2 Å². The standard InChI is InChI=1S/C16H20N4O2S/c1-11-6-4-5-7-13(11)19-16-10-14(17-12(2)18-16)15-8-9-20(15)23(3,21)22/h4-7,10,15H,8-9H2,1-3H3,(H,17,18,19). The summed E-state index contributed by atoms with van der Waals surface area (Å²) < 4.78 is 25.0. The smallest absolute Gasteiger partial charge is 0.211 e. The lowest BCUT2D eigenvalue weighted by Gasteiger charge is -2.38. The van der Waals surface area contributed by atoms with Crippen molar-refractivity contribution in [3.05, 3.63) is 47.4 Å². The van der Waals surface area contributed by atoms with Crippen molar-refractivity contribution in [2.45, 2.75) is 26.3 Å². The molecule has 1 aliphatic heterocycles. The number of anilines is 2. The van der Waals surface area contributed by atoms with Gasteiger partial charge in [0, 0.05) is 18.3 Å². The zero-order valence-corrected chi connectivity index (χ0v) is 14.3. The number of aryl methyl sites for hydroxylation is 2. The van der Waals surface area contributed by atoms with Crippen LogP contribution in [0.15, 0.2) is 30.3 Å². The highest BCUT2D eigenvalue weighted by molar-refractivity contribution is 7.88. The molecule has 2 heterocycles. The fraction of sp³-hybridized carbons (Fsp3) is 0.375. The Morgan fingerprint density at radius 3 is 2.57 bits per heavy atom. The Kier molecular flexibility index (Phi) is 4.08. The highest BCUT2D eigenvalue weighted by Crippen LogP contribution is 2.35. The van der Waals surface area contributed by atoms with E-state index in [0.717, 1.165) is 23.4 Å². The number of nitrogens with zero attached hydrogens (tertiary/aromatic N) is 3. The molecule has 1 unspecified atom stereocenters. The first kappa shape index (κ1) is 15.9. The fourth-order valence-electron chi connectivity index (χ4n) is 2.73. The van der Waals surface area contributed by atoms with Gasteiger partial charge in [-0.15, -0.1) is 0 Å². The Labute approximate surface area is 136 Å². The number of aromatic nitrogens is 2. The minimum Gasteiger partial charge on any atom is -0.340 e. The van der Waals surface area contributed by atoms with Gasteiger partial charge in [0.2, 0.25) is 10.0 Å². The maximum absolute atomic E-state index is 11.8. The zero-order chi connectivity index (χ0) is 16.6. The number of hydrogen-bond acceptors (Lipinski definition) is 5. The SMILES string of the molecule is Cc1nc(Nc2ccccc2C)cc(C2CCN2S(C)(=O)=O)n1. The average Bonchev–Trinajstić information content (AvgIpc) is 2.37. The fourth-order valence-corrected chi connectivity index (χ4v) is 3.85. The van der Waals surface area contributed by atoms with Crippen molar-refractivity contribution < 1.29 is 8.42 Å².